The fraction of sp³-hybridized carbons (Fsp3) is 0.417. The Kier molecular flexibility index (Phi) is 4.90. The molecule has 0 aliphatic carbocycles. The van der Waals surface area contributed by atoms with Gasteiger partial charge in [0, 0.05) is 15.6 Å². The summed E-state index contributed by atoms with van der Waals surface area (Å²) < 4.78 is 15.7. The molecule has 1 unspecified atom stereocenters. The number of rotatable bonds is 2. The topological polar surface area (TPSA) is 35.4 Å². The van der Waals surface area contributed by atoms with E-state index in [1.54, 1.807) is 25.1 Å². The van der Waals surface area contributed by atoms with Crippen LogP contribution in [0.3, 0.4) is 0 Å². The van der Waals surface area contributed by atoms with E-state index >= 15 is 0 Å². The lowest BCUT2D eigenvalue weighted by atomic mass is 10.1. The Balaban J connectivity index is 3.04. The zero-order chi connectivity index (χ0) is 13.2. The molecule has 0 aromatic heterocycles. The van der Waals surface area contributed by atoms with E-state index in [9.17, 15) is 4.55 Å². The smallest absolute Gasteiger partial charge is 0.144 e. The van der Waals surface area contributed by atoms with Gasteiger partial charge in [-0.1, -0.05) is 27.6 Å². The fourth-order valence-corrected chi connectivity index (χ4v) is 2.23. The first kappa shape index (κ1) is 14.8. The van der Waals surface area contributed by atoms with Crippen molar-refractivity contribution >= 4 is 40.3 Å². The van der Waals surface area contributed by atoms with Gasteiger partial charge in [-0.05, 0) is 45.9 Å². The Morgan fingerprint density at radius 1 is 1.18 bits per heavy atom. The maximum atomic E-state index is 11.9. The molecule has 0 spiro atoms. The standard InChI is InChI=1S/C12H15Cl2NOS/c1-8(15-17(16)12(2,3)4)9-5-10(13)7-11(14)6-9/h5-7H,1-4H3/b15-8+. The second-order valence-electron chi connectivity index (χ2n) is 4.70. The zero-order valence-corrected chi connectivity index (χ0v) is 12.6. The molecule has 1 aromatic rings. The molecule has 0 N–H and O–H groups in total. The SMILES string of the molecule is C/C(=N\[S+]([O-])C(C)(C)C)c1cc(Cl)cc(Cl)c1. The predicted molar refractivity (Wildman–Crippen MR) is 76.6 cm³/mol. The van der Waals surface area contributed by atoms with Gasteiger partial charge in [0.25, 0.3) is 0 Å². The third-order valence-corrected chi connectivity index (χ3v) is 3.95. The Bertz CT molecular complexity index is 420. The van der Waals surface area contributed by atoms with Crippen molar-refractivity contribution in [1.82, 2.24) is 0 Å². The van der Waals surface area contributed by atoms with E-state index in [0.717, 1.165) is 5.56 Å². The normalized spacial score (nSPS) is 14.9. The van der Waals surface area contributed by atoms with Crippen molar-refractivity contribution in [3.8, 4) is 0 Å². The van der Waals surface area contributed by atoms with E-state index in [1.165, 1.54) is 0 Å². The zero-order valence-electron chi connectivity index (χ0n) is 10.3. The van der Waals surface area contributed by atoms with Crippen LogP contribution in [0, 0.1) is 0 Å². The maximum absolute atomic E-state index is 11.9. The molecule has 0 aliphatic rings. The fourth-order valence-electron chi connectivity index (χ4n) is 1.08. The van der Waals surface area contributed by atoms with Gasteiger partial charge in [-0.15, -0.1) is 0 Å². The molecule has 0 saturated carbocycles. The summed E-state index contributed by atoms with van der Waals surface area (Å²) in [7, 11) is 0. The molecular weight excluding hydrogens is 277 g/mol. The number of hydrogen-bond donors (Lipinski definition) is 0. The van der Waals surface area contributed by atoms with Crippen LogP contribution in [0.4, 0.5) is 0 Å². The van der Waals surface area contributed by atoms with Gasteiger partial charge in [0.05, 0.1) is 5.71 Å². The first-order chi connectivity index (χ1) is 7.70. The number of halogens is 2. The van der Waals surface area contributed by atoms with Crippen molar-refractivity contribution in [2.24, 2.45) is 4.40 Å². The van der Waals surface area contributed by atoms with E-state index in [0.29, 0.717) is 15.8 Å². The highest BCUT2D eigenvalue weighted by atomic mass is 35.5. The molecule has 94 valence electrons. The molecule has 0 amide bonds. The minimum Gasteiger partial charge on any atom is -0.591 e. The van der Waals surface area contributed by atoms with E-state index in [2.05, 4.69) is 4.40 Å². The molecule has 0 saturated heterocycles. The van der Waals surface area contributed by atoms with E-state index in [-0.39, 0.29) is 4.75 Å². The van der Waals surface area contributed by atoms with Crippen LogP contribution in [0.5, 0.6) is 0 Å². The van der Waals surface area contributed by atoms with Crippen LogP contribution in [-0.4, -0.2) is 15.0 Å². The summed E-state index contributed by atoms with van der Waals surface area (Å²) in [5.41, 5.74) is 1.46. The highest BCUT2D eigenvalue weighted by Gasteiger charge is 2.26. The van der Waals surface area contributed by atoms with Gasteiger partial charge >= 0.3 is 0 Å². The van der Waals surface area contributed by atoms with Crippen molar-refractivity contribution in [2.75, 3.05) is 0 Å². The van der Waals surface area contributed by atoms with Crippen LogP contribution in [-0.2, 0) is 11.4 Å². The van der Waals surface area contributed by atoms with Gasteiger partial charge in [0.1, 0.15) is 16.1 Å². The Hall–Kier alpha value is -0.220. The van der Waals surface area contributed by atoms with Crippen molar-refractivity contribution in [2.45, 2.75) is 32.4 Å². The summed E-state index contributed by atoms with van der Waals surface area (Å²) in [6.07, 6.45) is 0. The highest BCUT2D eigenvalue weighted by Crippen LogP contribution is 2.22. The van der Waals surface area contributed by atoms with Crippen LogP contribution in [0.2, 0.25) is 10.0 Å². The van der Waals surface area contributed by atoms with E-state index in [1.807, 2.05) is 20.8 Å². The number of benzene rings is 1. The Labute approximate surface area is 115 Å². The molecule has 2 nitrogen and oxygen atoms in total. The van der Waals surface area contributed by atoms with E-state index in [4.69, 9.17) is 23.2 Å². The van der Waals surface area contributed by atoms with Crippen LogP contribution in [0.25, 0.3) is 0 Å². The molecule has 0 fully saturated rings. The average molecular weight is 292 g/mol. The molecule has 0 aliphatic heterocycles. The summed E-state index contributed by atoms with van der Waals surface area (Å²) in [6.45, 7) is 7.44. The van der Waals surface area contributed by atoms with Crippen LogP contribution >= 0.6 is 23.2 Å². The summed E-state index contributed by atoms with van der Waals surface area (Å²) >= 11 is 10.5. The minimum atomic E-state index is -1.28. The van der Waals surface area contributed by atoms with Gasteiger partial charge in [-0.3, -0.25) is 0 Å². The third kappa shape index (κ3) is 4.51. The quantitative estimate of drug-likeness (QED) is 0.592. The number of nitrogens with zero attached hydrogens (tertiary/aromatic N) is 1. The van der Waals surface area contributed by atoms with Gasteiger partial charge in [0.15, 0.2) is 0 Å². The van der Waals surface area contributed by atoms with Gasteiger partial charge in [-0.25, -0.2) is 0 Å². The largest absolute Gasteiger partial charge is 0.591 e. The summed E-state index contributed by atoms with van der Waals surface area (Å²) in [5, 5.41) is 1.09. The monoisotopic (exact) mass is 291 g/mol. The molecular formula is C12H15Cl2NOS. The average Bonchev–Trinajstić information content (AvgIpc) is 2.14. The van der Waals surface area contributed by atoms with Crippen molar-refractivity contribution in [3.05, 3.63) is 33.8 Å². The Morgan fingerprint density at radius 3 is 2.06 bits per heavy atom. The van der Waals surface area contributed by atoms with Crippen molar-refractivity contribution in [3.63, 3.8) is 0 Å². The Morgan fingerprint density at radius 2 is 1.65 bits per heavy atom. The lowest BCUT2D eigenvalue weighted by Gasteiger charge is -2.18. The van der Waals surface area contributed by atoms with E-state index < -0.39 is 11.4 Å². The summed E-state index contributed by atoms with van der Waals surface area (Å²) in [4.78, 5) is 0. The molecule has 1 atom stereocenters. The maximum Gasteiger partial charge on any atom is 0.144 e. The first-order valence-electron chi connectivity index (χ1n) is 5.14. The molecule has 1 aromatic carbocycles. The molecule has 0 bridgehead atoms. The van der Waals surface area contributed by atoms with Crippen molar-refractivity contribution < 1.29 is 4.55 Å². The third-order valence-electron chi connectivity index (χ3n) is 2.02. The lowest BCUT2D eigenvalue weighted by molar-refractivity contribution is 0.561. The van der Waals surface area contributed by atoms with Crippen LogP contribution < -0.4 is 0 Å². The van der Waals surface area contributed by atoms with Gasteiger partial charge in [-0.2, -0.15) is 0 Å². The summed E-state index contributed by atoms with van der Waals surface area (Å²) in [6, 6.07) is 5.17. The number of hydrogen-bond acceptors (Lipinski definition) is 2. The van der Waals surface area contributed by atoms with Gasteiger partial charge < -0.3 is 4.55 Å². The second-order valence-corrected chi connectivity index (χ2v) is 7.47. The predicted octanol–water partition coefficient (Wildman–Crippen LogP) is 4.26. The van der Waals surface area contributed by atoms with Crippen LogP contribution in [0.1, 0.15) is 33.3 Å². The van der Waals surface area contributed by atoms with Gasteiger partial charge in [0.2, 0.25) is 0 Å². The van der Waals surface area contributed by atoms with Crippen LogP contribution in [0.15, 0.2) is 22.6 Å². The highest BCUT2D eigenvalue weighted by molar-refractivity contribution is 7.91. The molecule has 1 rings (SSSR count). The molecule has 0 radical (unpaired) electrons. The molecule has 0 heterocycles. The molecule has 17 heavy (non-hydrogen) atoms. The van der Waals surface area contributed by atoms with Crippen molar-refractivity contribution in [1.29, 1.82) is 0 Å². The lowest BCUT2D eigenvalue weighted by Crippen LogP contribution is -2.26. The minimum absolute atomic E-state index is 0.371. The first-order valence-corrected chi connectivity index (χ1v) is 7.00. The second kappa shape index (κ2) is 5.61. The summed E-state index contributed by atoms with van der Waals surface area (Å²) in [5.74, 6) is 0. The molecule has 5 heteroatoms.